The number of nitrogens with zero attached hydrogens (tertiary/aromatic N) is 1. The van der Waals surface area contributed by atoms with Crippen molar-refractivity contribution >= 4 is 90.9 Å². The summed E-state index contributed by atoms with van der Waals surface area (Å²) < 4.78 is 5.43. The average Bonchev–Trinajstić information content (AvgIpc) is 3.91. The second-order valence-electron chi connectivity index (χ2n) is 16.5. The molecule has 0 saturated heterocycles. The predicted octanol–water partition coefficient (Wildman–Crippen LogP) is 15.7. The maximum atomic E-state index is 2.52. The van der Waals surface area contributed by atoms with Crippen LogP contribution in [-0.2, 0) is 10.8 Å². The van der Waals surface area contributed by atoms with Gasteiger partial charge in [-0.15, -0.1) is 22.7 Å². The normalized spacial score (nSPS) is 14.8. The summed E-state index contributed by atoms with van der Waals surface area (Å²) in [6.07, 6.45) is 0. The molecule has 0 radical (unpaired) electrons. The summed E-state index contributed by atoms with van der Waals surface area (Å²) in [6.45, 7) is 9.52. The summed E-state index contributed by atoms with van der Waals surface area (Å²) in [5, 5.41) is 8.13. The summed E-state index contributed by atoms with van der Waals surface area (Å²) in [7, 11) is 0. The molecule has 0 spiro atoms. The fourth-order valence-electron chi connectivity index (χ4n) is 10.1. The van der Waals surface area contributed by atoms with Crippen LogP contribution < -0.4 is 4.90 Å². The van der Waals surface area contributed by atoms with E-state index in [-0.39, 0.29) is 10.8 Å². The van der Waals surface area contributed by atoms with Gasteiger partial charge in [-0.05, 0) is 98.4 Å². The Bertz CT molecular complexity index is 3170. The third-order valence-corrected chi connectivity index (χ3v) is 15.2. The first-order chi connectivity index (χ1) is 26.8. The van der Waals surface area contributed by atoms with Crippen LogP contribution in [0.1, 0.15) is 49.9 Å². The van der Waals surface area contributed by atoms with Crippen LogP contribution in [0.4, 0.5) is 17.1 Å². The number of rotatable bonds is 3. The molecule has 0 saturated carbocycles. The van der Waals surface area contributed by atoms with Crippen molar-refractivity contribution in [3.8, 4) is 22.3 Å². The van der Waals surface area contributed by atoms with Crippen molar-refractivity contribution in [2.24, 2.45) is 0 Å². The van der Waals surface area contributed by atoms with Crippen molar-refractivity contribution < 1.29 is 0 Å². The van der Waals surface area contributed by atoms with Crippen LogP contribution >= 0.6 is 22.7 Å². The van der Waals surface area contributed by atoms with Crippen molar-refractivity contribution in [3.05, 3.63) is 174 Å². The Balaban J connectivity index is 1.13. The molecule has 55 heavy (non-hydrogen) atoms. The molecule has 3 heteroatoms. The molecule has 0 fully saturated rings. The van der Waals surface area contributed by atoms with Crippen LogP contribution in [0.2, 0.25) is 0 Å². The summed E-state index contributed by atoms with van der Waals surface area (Å²) in [4.78, 5) is 2.52. The number of fused-ring (bicyclic) bond motifs is 16. The van der Waals surface area contributed by atoms with Gasteiger partial charge in [0.15, 0.2) is 0 Å². The first kappa shape index (κ1) is 31.6. The second-order valence-corrected chi connectivity index (χ2v) is 18.6. The van der Waals surface area contributed by atoms with Crippen molar-refractivity contribution in [2.45, 2.75) is 38.5 Å². The van der Waals surface area contributed by atoms with Crippen LogP contribution in [0, 0.1) is 0 Å². The quantitative estimate of drug-likeness (QED) is 0.174. The van der Waals surface area contributed by atoms with E-state index in [0.29, 0.717) is 0 Å². The van der Waals surface area contributed by atoms with Gasteiger partial charge in [0.1, 0.15) is 0 Å². The minimum absolute atomic E-state index is 0.101. The van der Waals surface area contributed by atoms with E-state index in [4.69, 9.17) is 0 Å². The Morgan fingerprint density at radius 2 is 0.836 bits per heavy atom. The molecule has 8 aromatic carbocycles. The Morgan fingerprint density at radius 3 is 1.49 bits per heavy atom. The van der Waals surface area contributed by atoms with Crippen LogP contribution in [-0.4, -0.2) is 0 Å². The number of thiophene rings is 2. The van der Waals surface area contributed by atoms with E-state index in [9.17, 15) is 0 Å². The maximum Gasteiger partial charge on any atom is 0.0468 e. The van der Waals surface area contributed by atoms with E-state index in [0.717, 1.165) is 0 Å². The van der Waals surface area contributed by atoms with Crippen molar-refractivity contribution in [1.29, 1.82) is 0 Å². The molecule has 0 unspecified atom stereocenters. The summed E-state index contributed by atoms with van der Waals surface area (Å²) in [6, 6.07) is 57.4. The lowest BCUT2D eigenvalue weighted by molar-refractivity contribution is 0.660. The molecule has 0 N–H and O–H groups in total. The van der Waals surface area contributed by atoms with E-state index < -0.39 is 0 Å². The molecule has 1 nitrogen and oxygen atoms in total. The van der Waals surface area contributed by atoms with Crippen molar-refractivity contribution in [3.63, 3.8) is 0 Å². The third-order valence-electron chi connectivity index (χ3n) is 12.8. The Kier molecular flexibility index (Phi) is 6.28. The maximum absolute atomic E-state index is 2.52. The van der Waals surface area contributed by atoms with Crippen molar-refractivity contribution in [2.75, 3.05) is 4.90 Å². The molecule has 0 atom stereocenters. The Morgan fingerprint density at radius 1 is 0.364 bits per heavy atom. The highest BCUT2D eigenvalue weighted by atomic mass is 32.1. The lowest BCUT2D eigenvalue weighted by atomic mass is 9.82. The fraction of sp³-hybridized carbons (Fsp3) is 0.115. The van der Waals surface area contributed by atoms with Gasteiger partial charge in [-0.2, -0.15) is 0 Å². The monoisotopic (exact) mass is 739 g/mol. The summed E-state index contributed by atoms with van der Waals surface area (Å²) in [5.74, 6) is 0. The van der Waals surface area contributed by atoms with Crippen LogP contribution in [0.3, 0.4) is 0 Å². The standard InChI is InChI=1S/C52H37NS2/c1-51(2)41-18-10-7-13-33(41)35-24-21-31(28-43(35)51)53(32-22-25-36-34-14-8-11-19-42(34)52(3,4)44(36)29-32)30-23-26-46-40(27-30)48-49(54-46)38-16-6-5-15-37(38)47-39-17-9-12-20-45(39)55-50(47)48/h5-29H,1-4H3. The molecule has 2 aromatic heterocycles. The number of hydrogen-bond donors (Lipinski definition) is 0. The van der Waals surface area contributed by atoms with E-state index >= 15 is 0 Å². The zero-order chi connectivity index (χ0) is 36.8. The lowest BCUT2D eigenvalue weighted by Crippen LogP contribution is -2.18. The van der Waals surface area contributed by atoms with E-state index in [1.165, 1.54) is 113 Å². The Labute approximate surface area is 328 Å². The molecule has 2 heterocycles. The first-order valence-electron chi connectivity index (χ1n) is 19.3. The first-order valence-corrected chi connectivity index (χ1v) is 20.9. The number of anilines is 3. The highest BCUT2D eigenvalue weighted by Gasteiger charge is 2.37. The van der Waals surface area contributed by atoms with Gasteiger partial charge in [-0.25, -0.2) is 0 Å². The summed E-state index contributed by atoms with van der Waals surface area (Å²) in [5.41, 5.74) is 14.3. The molecule has 0 bridgehead atoms. The molecule has 0 aliphatic heterocycles. The van der Waals surface area contributed by atoms with Gasteiger partial charge in [0.05, 0.1) is 0 Å². The fourth-order valence-corrected chi connectivity index (χ4v) is 12.7. The zero-order valence-corrected chi connectivity index (χ0v) is 32.8. The minimum Gasteiger partial charge on any atom is -0.310 e. The van der Waals surface area contributed by atoms with Crippen LogP contribution in [0.5, 0.6) is 0 Å². The van der Waals surface area contributed by atoms with Crippen LogP contribution in [0.25, 0.3) is 73.4 Å². The average molecular weight is 740 g/mol. The smallest absolute Gasteiger partial charge is 0.0468 e. The molecular weight excluding hydrogens is 703 g/mol. The Hall–Kier alpha value is -5.74. The zero-order valence-electron chi connectivity index (χ0n) is 31.2. The van der Waals surface area contributed by atoms with Gasteiger partial charge in [0.25, 0.3) is 0 Å². The van der Waals surface area contributed by atoms with E-state index in [1.807, 2.05) is 22.7 Å². The minimum atomic E-state index is -0.101. The topological polar surface area (TPSA) is 3.24 Å². The molecule has 12 rings (SSSR count). The molecule has 2 aliphatic rings. The molecule has 2 aliphatic carbocycles. The van der Waals surface area contributed by atoms with Crippen LogP contribution in [0.15, 0.2) is 152 Å². The lowest BCUT2D eigenvalue weighted by Gasteiger charge is -2.30. The number of hydrogen-bond acceptors (Lipinski definition) is 3. The highest BCUT2D eigenvalue weighted by molar-refractivity contribution is 7.30. The highest BCUT2D eigenvalue weighted by Crippen LogP contribution is 2.54. The van der Waals surface area contributed by atoms with Gasteiger partial charge in [0.2, 0.25) is 0 Å². The predicted molar refractivity (Wildman–Crippen MR) is 240 cm³/mol. The molecule has 10 aromatic rings. The van der Waals surface area contributed by atoms with Gasteiger partial charge < -0.3 is 4.90 Å². The van der Waals surface area contributed by atoms with Crippen molar-refractivity contribution in [1.82, 2.24) is 0 Å². The second kappa shape index (κ2) is 10.9. The summed E-state index contributed by atoms with van der Waals surface area (Å²) >= 11 is 3.87. The van der Waals surface area contributed by atoms with Gasteiger partial charge >= 0.3 is 0 Å². The number of benzene rings is 8. The largest absolute Gasteiger partial charge is 0.310 e. The van der Waals surface area contributed by atoms with Gasteiger partial charge in [-0.3, -0.25) is 0 Å². The molecular formula is C52H37NS2. The van der Waals surface area contributed by atoms with E-state index in [1.54, 1.807) is 0 Å². The molecule has 262 valence electrons. The molecule has 0 amide bonds. The van der Waals surface area contributed by atoms with Gasteiger partial charge in [0, 0.05) is 73.6 Å². The third kappa shape index (κ3) is 4.18. The van der Waals surface area contributed by atoms with Gasteiger partial charge in [-0.1, -0.05) is 131 Å². The van der Waals surface area contributed by atoms with E-state index in [2.05, 4.69) is 184 Å². The SMILES string of the molecule is CC1(C)c2ccccc2-c2ccc(N(c3ccc4c(c3)C(C)(C)c3ccccc3-4)c3ccc4sc5c6ccccc6c6c7ccccc7sc6c5c4c3)cc21.